The second kappa shape index (κ2) is 8.61. The second-order valence-electron chi connectivity index (χ2n) is 5.06. The molecular formula is C14H22N2O7. The molecule has 23 heavy (non-hydrogen) atoms. The summed E-state index contributed by atoms with van der Waals surface area (Å²) in [5, 5.41) is 38.3. The standard InChI is InChI=1S/C14H22N2O7/c1-3-22-12(9(19)6-17)13-11(16-7(2)18)8(5-15)4-10(23-13)14(20)21/h4-5,8-9,11-13,15,17,19H,3,6H2,1-2H3,(H,16,18)(H,20,21)/t8-,9?,11?,12?,13-/m1/s1. The van der Waals surface area contributed by atoms with Gasteiger partial charge in [0.1, 0.15) is 18.3 Å². The largest absolute Gasteiger partial charge is 0.478 e. The van der Waals surface area contributed by atoms with Crippen molar-refractivity contribution < 1.29 is 34.4 Å². The van der Waals surface area contributed by atoms with Crippen LogP contribution in [0.3, 0.4) is 0 Å². The molecule has 5 atom stereocenters. The fourth-order valence-electron chi connectivity index (χ4n) is 2.44. The fourth-order valence-corrected chi connectivity index (χ4v) is 2.44. The van der Waals surface area contributed by atoms with E-state index in [9.17, 15) is 19.8 Å². The zero-order valence-electron chi connectivity index (χ0n) is 12.9. The third-order valence-electron chi connectivity index (χ3n) is 3.40. The van der Waals surface area contributed by atoms with Crippen molar-refractivity contribution in [3.63, 3.8) is 0 Å². The maximum atomic E-state index is 11.4. The normalized spacial score (nSPS) is 26.4. The zero-order chi connectivity index (χ0) is 17.6. The monoisotopic (exact) mass is 330 g/mol. The number of aliphatic carboxylic acids is 1. The molecule has 0 saturated heterocycles. The molecule has 0 saturated carbocycles. The Kier molecular flexibility index (Phi) is 7.14. The minimum Gasteiger partial charge on any atom is -0.478 e. The van der Waals surface area contributed by atoms with E-state index in [-0.39, 0.29) is 6.61 Å². The van der Waals surface area contributed by atoms with E-state index in [0.29, 0.717) is 0 Å². The molecule has 1 rings (SSSR count). The summed E-state index contributed by atoms with van der Waals surface area (Å²) in [6, 6.07) is -0.814. The van der Waals surface area contributed by atoms with Crippen molar-refractivity contribution in [2.24, 2.45) is 5.92 Å². The molecule has 1 aliphatic heterocycles. The minimum atomic E-state index is -1.34. The van der Waals surface area contributed by atoms with Crippen LogP contribution in [0.4, 0.5) is 0 Å². The summed E-state index contributed by atoms with van der Waals surface area (Å²) < 4.78 is 10.8. The summed E-state index contributed by atoms with van der Waals surface area (Å²) in [5.41, 5.74) is 0. The minimum absolute atomic E-state index is 0.176. The van der Waals surface area contributed by atoms with Gasteiger partial charge in [0.15, 0.2) is 0 Å². The molecule has 0 aromatic carbocycles. The van der Waals surface area contributed by atoms with E-state index >= 15 is 0 Å². The molecule has 9 heteroatoms. The fraction of sp³-hybridized carbons (Fsp3) is 0.643. The average Bonchev–Trinajstić information content (AvgIpc) is 2.51. The smallest absolute Gasteiger partial charge is 0.370 e. The van der Waals surface area contributed by atoms with Gasteiger partial charge in [0.05, 0.1) is 12.6 Å². The number of hydrogen-bond donors (Lipinski definition) is 5. The van der Waals surface area contributed by atoms with Crippen LogP contribution in [-0.4, -0.2) is 71.0 Å². The van der Waals surface area contributed by atoms with Crippen molar-refractivity contribution in [3.05, 3.63) is 11.8 Å². The van der Waals surface area contributed by atoms with Crippen molar-refractivity contribution in [2.75, 3.05) is 13.2 Å². The molecule has 0 aromatic rings. The van der Waals surface area contributed by atoms with E-state index < -0.39 is 54.5 Å². The molecule has 1 amide bonds. The Bertz CT molecular complexity index is 480. The lowest BCUT2D eigenvalue weighted by atomic mass is 9.87. The van der Waals surface area contributed by atoms with Crippen molar-refractivity contribution in [3.8, 4) is 0 Å². The highest BCUT2D eigenvalue weighted by atomic mass is 16.6. The summed E-state index contributed by atoms with van der Waals surface area (Å²) in [6.45, 7) is 2.48. The molecule has 0 radical (unpaired) electrons. The van der Waals surface area contributed by atoms with Crippen molar-refractivity contribution in [1.82, 2.24) is 5.32 Å². The summed E-state index contributed by atoms with van der Waals surface area (Å²) >= 11 is 0. The summed E-state index contributed by atoms with van der Waals surface area (Å²) in [4.78, 5) is 22.6. The van der Waals surface area contributed by atoms with Crippen LogP contribution in [0.5, 0.6) is 0 Å². The molecule has 9 nitrogen and oxygen atoms in total. The van der Waals surface area contributed by atoms with Crippen LogP contribution >= 0.6 is 0 Å². The first-order chi connectivity index (χ1) is 10.8. The number of aliphatic hydroxyl groups is 2. The summed E-state index contributed by atoms with van der Waals surface area (Å²) in [5.74, 6) is -2.90. The third-order valence-corrected chi connectivity index (χ3v) is 3.40. The maximum Gasteiger partial charge on any atom is 0.370 e. The number of carboxylic acids is 1. The van der Waals surface area contributed by atoms with Crippen molar-refractivity contribution in [2.45, 2.75) is 38.2 Å². The van der Waals surface area contributed by atoms with E-state index in [4.69, 9.17) is 20.0 Å². The molecule has 5 N–H and O–H groups in total. The van der Waals surface area contributed by atoms with Crippen LogP contribution in [0.1, 0.15) is 13.8 Å². The van der Waals surface area contributed by atoms with Crippen molar-refractivity contribution >= 4 is 18.1 Å². The summed E-state index contributed by atoms with van der Waals surface area (Å²) in [6.07, 6.45) is -1.31. The van der Waals surface area contributed by atoms with E-state index in [2.05, 4.69) is 5.32 Å². The molecule has 3 unspecified atom stereocenters. The quantitative estimate of drug-likeness (QED) is 0.354. The van der Waals surface area contributed by atoms with Crippen LogP contribution in [0, 0.1) is 11.3 Å². The first-order valence-electron chi connectivity index (χ1n) is 7.15. The number of carbonyl (C=O) groups excluding carboxylic acids is 1. The molecular weight excluding hydrogens is 308 g/mol. The van der Waals surface area contributed by atoms with Gasteiger partial charge in [-0.1, -0.05) is 0 Å². The second-order valence-corrected chi connectivity index (χ2v) is 5.06. The van der Waals surface area contributed by atoms with Gasteiger partial charge in [-0.3, -0.25) is 4.79 Å². The molecule has 130 valence electrons. The Balaban J connectivity index is 3.24. The molecule has 1 aliphatic rings. The lowest BCUT2D eigenvalue weighted by Crippen LogP contribution is -2.59. The number of hydrogen-bond acceptors (Lipinski definition) is 7. The van der Waals surface area contributed by atoms with E-state index in [1.165, 1.54) is 13.0 Å². The van der Waals surface area contributed by atoms with Gasteiger partial charge < -0.3 is 35.5 Å². The van der Waals surface area contributed by atoms with Gasteiger partial charge in [0.2, 0.25) is 11.7 Å². The van der Waals surface area contributed by atoms with Crippen LogP contribution in [0.2, 0.25) is 0 Å². The van der Waals surface area contributed by atoms with Gasteiger partial charge >= 0.3 is 5.97 Å². The first-order valence-corrected chi connectivity index (χ1v) is 7.15. The van der Waals surface area contributed by atoms with E-state index in [1.54, 1.807) is 6.92 Å². The Morgan fingerprint density at radius 2 is 2.22 bits per heavy atom. The van der Waals surface area contributed by atoms with Gasteiger partial charge in [0.25, 0.3) is 0 Å². The van der Waals surface area contributed by atoms with E-state index in [1.807, 2.05) is 0 Å². The topological polar surface area (TPSA) is 149 Å². The predicted molar refractivity (Wildman–Crippen MR) is 79.0 cm³/mol. The van der Waals surface area contributed by atoms with Crippen LogP contribution in [0.15, 0.2) is 11.8 Å². The first kappa shape index (κ1) is 19.1. The number of ether oxygens (including phenoxy) is 2. The maximum absolute atomic E-state index is 11.4. The highest BCUT2D eigenvalue weighted by Gasteiger charge is 2.44. The number of aliphatic hydroxyl groups excluding tert-OH is 2. The third kappa shape index (κ3) is 4.75. The Hall–Kier alpha value is -1.97. The lowest BCUT2D eigenvalue weighted by Gasteiger charge is -2.40. The highest BCUT2D eigenvalue weighted by Crippen LogP contribution is 2.27. The van der Waals surface area contributed by atoms with Gasteiger partial charge in [-0.25, -0.2) is 4.79 Å². The van der Waals surface area contributed by atoms with Crippen LogP contribution in [-0.2, 0) is 19.1 Å². The van der Waals surface area contributed by atoms with Gasteiger partial charge in [-0.05, 0) is 13.0 Å². The summed E-state index contributed by atoms with van der Waals surface area (Å²) in [7, 11) is 0. The van der Waals surface area contributed by atoms with Gasteiger partial charge in [-0.15, -0.1) is 0 Å². The van der Waals surface area contributed by atoms with Crippen LogP contribution in [0.25, 0.3) is 0 Å². The van der Waals surface area contributed by atoms with E-state index in [0.717, 1.165) is 6.21 Å². The number of nitrogens with one attached hydrogen (secondary N) is 2. The van der Waals surface area contributed by atoms with Crippen molar-refractivity contribution in [1.29, 1.82) is 5.41 Å². The SMILES string of the molecule is CCOC(C(O)CO)[C@@H]1OC(C(=O)O)=C[C@H](C=N)C1NC(C)=O. The predicted octanol–water partition coefficient (Wildman–Crippen LogP) is -1.12. The molecule has 1 heterocycles. The Labute approximate surface area is 133 Å². The Morgan fingerprint density at radius 1 is 1.57 bits per heavy atom. The number of carboxylic acid groups (broad SMARTS) is 1. The highest BCUT2D eigenvalue weighted by molar-refractivity contribution is 5.86. The average molecular weight is 330 g/mol. The van der Waals surface area contributed by atoms with Crippen LogP contribution < -0.4 is 5.32 Å². The molecule has 0 aliphatic carbocycles. The molecule has 0 spiro atoms. The number of amides is 1. The van der Waals surface area contributed by atoms with Gasteiger partial charge in [-0.2, -0.15) is 0 Å². The molecule has 0 aromatic heterocycles. The molecule has 0 bridgehead atoms. The van der Waals surface area contributed by atoms with Gasteiger partial charge in [0, 0.05) is 25.7 Å². The lowest BCUT2D eigenvalue weighted by molar-refractivity contribution is -0.153. The zero-order valence-corrected chi connectivity index (χ0v) is 12.9. The number of carbonyl (C=O) groups is 2. The number of rotatable bonds is 8. The Morgan fingerprint density at radius 3 is 2.65 bits per heavy atom. The molecule has 0 fully saturated rings.